The maximum atomic E-state index is 9.57. The van der Waals surface area contributed by atoms with Crippen LogP contribution in [0.5, 0.6) is 5.75 Å². The number of hydrogen-bond acceptors (Lipinski definition) is 4. The van der Waals surface area contributed by atoms with Crippen LogP contribution in [0.4, 0.5) is 5.82 Å². The van der Waals surface area contributed by atoms with Gasteiger partial charge in [0.05, 0.1) is 7.11 Å². The fourth-order valence-corrected chi connectivity index (χ4v) is 3.14. The van der Waals surface area contributed by atoms with Crippen LogP contribution in [0.2, 0.25) is 0 Å². The molecular weight excluding hydrogens is 312 g/mol. The van der Waals surface area contributed by atoms with E-state index in [0.717, 1.165) is 33.6 Å². The molecule has 3 N–H and O–H groups in total. The summed E-state index contributed by atoms with van der Waals surface area (Å²) in [7, 11) is 1.62. The number of nitrogen functional groups attached to an aromatic ring is 1. The predicted molar refractivity (Wildman–Crippen MR) is 95.9 cm³/mol. The van der Waals surface area contributed by atoms with E-state index < -0.39 is 0 Å². The Labute approximate surface area is 146 Å². The number of nitrogens with one attached hydrogen (secondary N) is 1. The van der Waals surface area contributed by atoms with Gasteiger partial charge in [0.1, 0.15) is 29.0 Å². The Balaban J connectivity index is 2.26. The lowest BCUT2D eigenvalue weighted by Crippen LogP contribution is -2.20. The molecule has 0 saturated carbocycles. The first kappa shape index (κ1) is 16.3. The third-order valence-electron chi connectivity index (χ3n) is 4.48. The summed E-state index contributed by atoms with van der Waals surface area (Å²) in [5, 5.41) is 19.0. The van der Waals surface area contributed by atoms with E-state index in [9.17, 15) is 10.5 Å². The van der Waals surface area contributed by atoms with Crippen LogP contribution in [0, 0.1) is 29.6 Å². The van der Waals surface area contributed by atoms with Gasteiger partial charge in [-0.15, -0.1) is 0 Å². The molecule has 25 heavy (non-hydrogen) atoms. The number of anilines is 1. The summed E-state index contributed by atoms with van der Waals surface area (Å²) < 4.78 is 5.19. The molecule has 0 spiro atoms. The summed E-state index contributed by atoms with van der Waals surface area (Å²) in [6, 6.07) is 12.1. The van der Waals surface area contributed by atoms with Gasteiger partial charge in [-0.3, -0.25) is 5.73 Å². The van der Waals surface area contributed by atoms with Crippen LogP contribution in [-0.4, -0.2) is 7.11 Å². The molecule has 3 rings (SSSR count). The van der Waals surface area contributed by atoms with Crippen LogP contribution in [0.1, 0.15) is 34.9 Å². The van der Waals surface area contributed by atoms with Gasteiger partial charge < -0.3 is 4.74 Å². The van der Waals surface area contributed by atoms with Gasteiger partial charge in [0.2, 0.25) is 0 Å². The molecule has 0 radical (unpaired) electrons. The summed E-state index contributed by atoms with van der Waals surface area (Å²) in [6.07, 6.45) is 2.01. The summed E-state index contributed by atoms with van der Waals surface area (Å²) in [4.78, 5) is 3.03. The average molecular weight is 329 g/mol. The lowest BCUT2D eigenvalue weighted by Gasteiger charge is -2.08. The number of nitrogens with two attached hydrogens (primary N) is 1. The molecule has 122 valence electrons. The minimum absolute atomic E-state index is 0.282. The highest BCUT2D eigenvalue weighted by Gasteiger charge is 2.32. The Kier molecular flexibility index (Phi) is 4.00. The predicted octanol–water partition coefficient (Wildman–Crippen LogP) is 3.12. The Morgan fingerprint density at radius 3 is 2.36 bits per heavy atom. The van der Waals surface area contributed by atoms with E-state index in [4.69, 9.17) is 10.5 Å². The Bertz CT molecular complexity index is 1020. The second-order valence-corrected chi connectivity index (χ2v) is 5.84. The van der Waals surface area contributed by atoms with Crippen LogP contribution in [0.25, 0.3) is 17.2 Å². The van der Waals surface area contributed by atoms with E-state index in [1.54, 1.807) is 7.11 Å². The second kappa shape index (κ2) is 6.14. The van der Waals surface area contributed by atoms with Gasteiger partial charge in [-0.05, 0) is 54.3 Å². The standard InChI is InChI=1S/C20H16N4O/c1-11-15(8-13-4-6-14(25-3)7-5-13)18-12(2)17(10-22)20(23)24-19(18)16(11)9-21/h4-8H,1-3H3,(H2,23,24)/p+1. The molecule has 0 amide bonds. The number of hydrogen-bond donors (Lipinski definition) is 1. The van der Waals surface area contributed by atoms with Crippen LogP contribution in [0.15, 0.2) is 29.8 Å². The number of allylic oxidation sites excluding steroid dienone is 3. The van der Waals surface area contributed by atoms with Crippen molar-refractivity contribution in [2.75, 3.05) is 12.8 Å². The molecule has 1 aromatic heterocycles. The topological polar surface area (TPSA) is 97.0 Å². The van der Waals surface area contributed by atoms with E-state index in [2.05, 4.69) is 17.1 Å². The fraction of sp³-hybridized carbons (Fsp3) is 0.150. The second-order valence-electron chi connectivity index (χ2n) is 5.84. The van der Waals surface area contributed by atoms with E-state index >= 15 is 0 Å². The minimum Gasteiger partial charge on any atom is -0.497 e. The molecule has 0 saturated heterocycles. The minimum atomic E-state index is 0.282. The number of aromatic nitrogens is 1. The normalized spacial score (nSPS) is 14.2. The molecule has 0 atom stereocenters. The lowest BCUT2D eigenvalue weighted by molar-refractivity contribution is -0.364. The summed E-state index contributed by atoms with van der Waals surface area (Å²) in [6.45, 7) is 3.76. The quantitative estimate of drug-likeness (QED) is 0.915. The van der Waals surface area contributed by atoms with Gasteiger partial charge in [-0.1, -0.05) is 12.1 Å². The Morgan fingerprint density at radius 2 is 1.80 bits per heavy atom. The van der Waals surface area contributed by atoms with Crippen molar-refractivity contribution in [3.63, 3.8) is 0 Å². The molecule has 5 nitrogen and oxygen atoms in total. The van der Waals surface area contributed by atoms with Crippen molar-refractivity contribution in [1.29, 1.82) is 10.5 Å². The zero-order valence-electron chi connectivity index (χ0n) is 14.3. The summed E-state index contributed by atoms with van der Waals surface area (Å²) in [5.41, 5.74) is 12.0. The molecule has 1 heterocycles. The third kappa shape index (κ3) is 2.52. The first-order valence-corrected chi connectivity index (χ1v) is 7.75. The Morgan fingerprint density at radius 1 is 1.12 bits per heavy atom. The maximum Gasteiger partial charge on any atom is 0.289 e. The van der Waals surface area contributed by atoms with Crippen LogP contribution < -0.4 is 15.5 Å². The summed E-state index contributed by atoms with van der Waals surface area (Å²) in [5.74, 6) is 1.06. The molecule has 0 aliphatic heterocycles. The number of nitrogens with zero attached hydrogens (tertiary/aromatic N) is 2. The molecule has 1 aliphatic rings. The van der Waals surface area contributed by atoms with Gasteiger partial charge in [0, 0.05) is 5.56 Å². The van der Waals surface area contributed by atoms with Crippen molar-refractivity contribution >= 4 is 23.0 Å². The van der Waals surface area contributed by atoms with E-state index in [1.807, 2.05) is 44.2 Å². The smallest absolute Gasteiger partial charge is 0.289 e. The van der Waals surface area contributed by atoms with E-state index in [1.165, 1.54) is 0 Å². The fourth-order valence-electron chi connectivity index (χ4n) is 3.14. The first-order valence-electron chi connectivity index (χ1n) is 7.75. The highest BCUT2D eigenvalue weighted by Crippen LogP contribution is 2.42. The number of rotatable bonds is 2. The number of aromatic amines is 1. The first-order chi connectivity index (χ1) is 12.0. The average Bonchev–Trinajstić information content (AvgIpc) is 2.87. The van der Waals surface area contributed by atoms with Crippen LogP contribution in [0.3, 0.4) is 0 Å². The number of H-pyrrole nitrogens is 1. The zero-order valence-corrected chi connectivity index (χ0v) is 14.3. The van der Waals surface area contributed by atoms with Gasteiger partial charge in [-0.2, -0.15) is 10.5 Å². The molecule has 0 fully saturated rings. The van der Waals surface area contributed by atoms with Gasteiger partial charge in [-0.25, -0.2) is 4.98 Å². The van der Waals surface area contributed by atoms with Crippen molar-refractivity contribution in [1.82, 2.24) is 0 Å². The number of pyridine rings is 1. The number of fused-ring (bicyclic) bond motifs is 1. The zero-order chi connectivity index (χ0) is 18.1. The van der Waals surface area contributed by atoms with Crippen LogP contribution >= 0.6 is 0 Å². The largest absolute Gasteiger partial charge is 0.497 e. The van der Waals surface area contributed by atoms with Crippen molar-refractivity contribution in [2.24, 2.45) is 0 Å². The molecule has 0 unspecified atom stereocenters. The SMILES string of the molecule is COc1ccc(C=C2C(C)=C(C#N)c3[nH+]c(N)c(C#N)c(C)c32)cc1. The highest BCUT2D eigenvalue weighted by atomic mass is 16.5. The van der Waals surface area contributed by atoms with Gasteiger partial charge in [0.15, 0.2) is 5.69 Å². The molecule has 0 bridgehead atoms. The third-order valence-corrected chi connectivity index (χ3v) is 4.48. The van der Waals surface area contributed by atoms with Crippen molar-refractivity contribution in [3.05, 3.63) is 57.8 Å². The Hall–Kier alpha value is -3.57. The van der Waals surface area contributed by atoms with Crippen molar-refractivity contribution in [3.8, 4) is 17.9 Å². The monoisotopic (exact) mass is 329 g/mol. The lowest BCUT2D eigenvalue weighted by atomic mass is 9.95. The molecule has 1 aromatic carbocycles. The van der Waals surface area contributed by atoms with Gasteiger partial charge >= 0.3 is 0 Å². The number of methoxy groups -OCH3 is 1. The molecule has 5 heteroatoms. The summed E-state index contributed by atoms with van der Waals surface area (Å²) >= 11 is 0. The van der Waals surface area contributed by atoms with E-state index in [-0.39, 0.29) is 5.82 Å². The van der Waals surface area contributed by atoms with Crippen LogP contribution in [-0.2, 0) is 0 Å². The maximum absolute atomic E-state index is 9.57. The molecule has 1 aliphatic carbocycles. The molecule has 2 aromatic rings. The van der Waals surface area contributed by atoms with Crippen molar-refractivity contribution < 1.29 is 9.72 Å². The van der Waals surface area contributed by atoms with Crippen molar-refractivity contribution in [2.45, 2.75) is 13.8 Å². The number of nitriles is 2. The number of benzene rings is 1. The van der Waals surface area contributed by atoms with E-state index in [0.29, 0.717) is 16.8 Å². The molecular formula is C20H17N4O+. The van der Waals surface area contributed by atoms with Gasteiger partial charge in [0.25, 0.3) is 5.82 Å². The highest BCUT2D eigenvalue weighted by molar-refractivity contribution is 6.07. The number of ether oxygens (including phenoxy) is 1.